The number of nitrogens with zero attached hydrogens (tertiary/aromatic N) is 2. The highest BCUT2D eigenvalue weighted by Crippen LogP contribution is 2.36. The molecule has 1 N–H and O–H groups in total. The molecule has 0 saturated heterocycles. The van der Waals surface area contributed by atoms with Gasteiger partial charge < -0.3 is 5.11 Å². The summed E-state index contributed by atoms with van der Waals surface area (Å²) in [6.07, 6.45) is 3.11. The third-order valence-electron chi connectivity index (χ3n) is 3.90. The van der Waals surface area contributed by atoms with E-state index in [1.165, 1.54) is 6.08 Å². The van der Waals surface area contributed by atoms with Gasteiger partial charge in [-0.1, -0.05) is 43.0 Å². The van der Waals surface area contributed by atoms with Crippen molar-refractivity contribution in [2.45, 2.75) is 12.7 Å². The minimum atomic E-state index is -1.37. The number of hydrogen-bond donors (Lipinski definition) is 1. The molecule has 0 bridgehead atoms. The van der Waals surface area contributed by atoms with E-state index in [9.17, 15) is 14.1 Å². The topological polar surface area (TPSA) is 72.2 Å². The van der Waals surface area contributed by atoms with Crippen molar-refractivity contribution in [3.05, 3.63) is 77.0 Å². The van der Waals surface area contributed by atoms with Gasteiger partial charge in [-0.05, 0) is 19.1 Å². The molecule has 0 saturated carbocycles. The third-order valence-corrected chi connectivity index (χ3v) is 5.32. The number of benzene rings is 1. The summed E-state index contributed by atoms with van der Waals surface area (Å²) in [7, 11) is -1.37. The smallest absolute Gasteiger partial charge is 0.356 e. The molecule has 0 amide bonds. The number of rotatable bonds is 4. The summed E-state index contributed by atoms with van der Waals surface area (Å²) in [5.74, 6) is -1.04. The molecule has 24 heavy (non-hydrogen) atoms. The zero-order valence-electron chi connectivity index (χ0n) is 13.2. The molecule has 1 aliphatic rings. The highest BCUT2D eigenvalue weighted by molar-refractivity contribution is 7.88. The summed E-state index contributed by atoms with van der Waals surface area (Å²) in [6.45, 7) is 9.48. The molecule has 1 atom stereocenters. The minimum absolute atomic E-state index is 0.0820. The summed E-state index contributed by atoms with van der Waals surface area (Å²) in [4.78, 5) is 12.1. The molecule has 5 nitrogen and oxygen atoms in total. The van der Waals surface area contributed by atoms with Crippen LogP contribution in [0.5, 0.6) is 0 Å². The second-order valence-corrected chi connectivity index (χ2v) is 6.82. The van der Waals surface area contributed by atoms with Crippen LogP contribution in [-0.4, -0.2) is 25.1 Å². The molecule has 122 valence electrons. The first-order chi connectivity index (χ1) is 11.5. The van der Waals surface area contributed by atoms with Gasteiger partial charge in [0.1, 0.15) is 0 Å². The van der Waals surface area contributed by atoms with E-state index >= 15 is 0 Å². The second-order valence-electron chi connectivity index (χ2n) is 5.40. The largest absolute Gasteiger partial charge is 0.476 e. The van der Waals surface area contributed by atoms with Gasteiger partial charge in [0.25, 0.3) is 0 Å². The molecule has 2 heterocycles. The Balaban J connectivity index is 2.37. The second kappa shape index (κ2) is 6.05. The Morgan fingerprint density at radius 1 is 1.29 bits per heavy atom. The maximum Gasteiger partial charge on any atom is 0.356 e. The lowest BCUT2D eigenvalue weighted by Crippen LogP contribution is -2.12. The van der Waals surface area contributed by atoms with Gasteiger partial charge in [0.2, 0.25) is 0 Å². The Bertz CT molecular complexity index is 920. The summed E-state index contributed by atoms with van der Waals surface area (Å²) in [6, 6.07) is 7.59. The average molecular weight is 340 g/mol. The standard InChI is InChI=1S/C18H16N2O3S/c1-4-13-15(5-2)24(23)10-14-16(18(21)22)19-20(17(13)14)12-8-6-11(3)7-9-12/h4-9H,1-2,10H2,3H3,(H,21,22). The number of aromatic nitrogens is 2. The fraction of sp³-hybridized carbons (Fsp3) is 0.111. The third kappa shape index (κ3) is 2.45. The van der Waals surface area contributed by atoms with Crippen molar-refractivity contribution in [2.24, 2.45) is 0 Å². The Morgan fingerprint density at radius 3 is 2.50 bits per heavy atom. The maximum absolute atomic E-state index is 12.4. The van der Waals surface area contributed by atoms with Crippen LogP contribution >= 0.6 is 0 Å². The van der Waals surface area contributed by atoms with Crippen molar-refractivity contribution in [3.63, 3.8) is 0 Å². The van der Waals surface area contributed by atoms with Gasteiger partial charge in [-0.2, -0.15) is 5.10 Å². The molecule has 0 radical (unpaired) electrons. The number of carbonyl (C=O) groups is 1. The predicted molar refractivity (Wildman–Crippen MR) is 94.4 cm³/mol. The van der Waals surface area contributed by atoms with Gasteiger partial charge in [-0.15, -0.1) is 0 Å². The quantitative estimate of drug-likeness (QED) is 0.927. The van der Waals surface area contributed by atoms with Crippen LogP contribution in [0.2, 0.25) is 0 Å². The van der Waals surface area contributed by atoms with Crippen molar-refractivity contribution >= 4 is 22.3 Å². The summed E-state index contributed by atoms with van der Waals surface area (Å²) in [5, 5.41) is 13.7. The van der Waals surface area contributed by atoms with Gasteiger partial charge in [0.15, 0.2) is 5.69 Å². The summed E-state index contributed by atoms with van der Waals surface area (Å²) >= 11 is 0. The lowest BCUT2D eigenvalue weighted by molar-refractivity contribution is 0.0689. The van der Waals surface area contributed by atoms with Crippen LogP contribution in [0.25, 0.3) is 11.3 Å². The number of allylic oxidation sites excluding steroid dienone is 3. The Hall–Kier alpha value is -2.73. The molecule has 1 aromatic heterocycles. The Labute approximate surface area is 142 Å². The molecule has 6 heteroatoms. The van der Waals surface area contributed by atoms with Crippen molar-refractivity contribution in [1.82, 2.24) is 9.78 Å². The number of carboxylic acids is 1. The van der Waals surface area contributed by atoms with E-state index in [1.54, 1.807) is 10.8 Å². The summed E-state index contributed by atoms with van der Waals surface area (Å²) in [5.41, 5.74) is 3.42. The number of fused-ring (bicyclic) bond motifs is 1. The van der Waals surface area contributed by atoms with Crippen LogP contribution in [0.1, 0.15) is 27.3 Å². The molecule has 0 aliphatic carbocycles. The maximum atomic E-state index is 12.4. The predicted octanol–water partition coefficient (Wildman–Crippen LogP) is 3.22. The lowest BCUT2D eigenvalue weighted by atomic mass is 10.1. The SMILES string of the molecule is C=CC1=C(C=C)S(=O)Cc2c(C(=O)O)nn(-c3ccc(C)cc3)c21. The average Bonchev–Trinajstić information content (AvgIpc) is 2.93. The zero-order valence-corrected chi connectivity index (χ0v) is 14.0. The van der Waals surface area contributed by atoms with Crippen molar-refractivity contribution < 1.29 is 14.1 Å². The summed E-state index contributed by atoms with van der Waals surface area (Å²) < 4.78 is 14.0. The molecular formula is C18H16N2O3S. The van der Waals surface area contributed by atoms with Crippen LogP contribution in [0.4, 0.5) is 0 Å². The highest BCUT2D eigenvalue weighted by atomic mass is 32.2. The molecule has 1 aliphatic heterocycles. The van der Waals surface area contributed by atoms with Crippen molar-refractivity contribution in [2.75, 3.05) is 0 Å². The molecule has 1 aromatic carbocycles. The van der Waals surface area contributed by atoms with Gasteiger partial charge >= 0.3 is 5.97 Å². The van der Waals surface area contributed by atoms with Crippen LogP contribution in [0.3, 0.4) is 0 Å². The first-order valence-electron chi connectivity index (χ1n) is 7.28. The lowest BCUT2D eigenvalue weighted by Gasteiger charge is -2.18. The van der Waals surface area contributed by atoms with Gasteiger partial charge in [-0.3, -0.25) is 4.21 Å². The van der Waals surface area contributed by atoms with Crippen molar-refractivity contribution in [3.8, 4) is 5.69 Å². The molecule has 3 rings (SSSR count). The minimum Gasteiger partial charge on any atom is -0.476 e. The van der Waals surface area contributed by atoms with Crippen LogP contribution in [0, 0.1) is 6.92 Å². The fourth-order valence-electron chi connectivity index (χ4n) is 2.76. The highest BCUT2D eigenvalue weighted by Gasteiger charge is 2.31. The van der Waals surface area contributed by atoms with Crippen LogP contribution in [0.15, 0.2) is 54.5 Å². The Kier molecular flexibility index (Phi) is 4.07. The monoisotopic (exact) mass is 340 g/mol. The van der Waals surface area contributed by atoms with E-state index in [0.717, 1.165) is 11.3 Å². The molecule has 0 spiro atoms. The van der Waals surface area contributed by atoms with Gasteiger partial charge in [-0.25, -0.2) is 9.48 Å². The first-order valence-corrected chi connectivity index (χ1v) is 8.60. The number of aromatic carboxylic acids is 1. The van der Waals surface area contributed by atoms with Crippen molar-refractivity contribution in [1.29, 1.82) is 0 Å². The van der Waals surface area contributed by atoms with E-state index in [1.807, 2.05) is 31.2 Å². The fourth-order valence-corrected chi connectivity index (χ4v) is 4.06. The van der Waals surface area contributed by atoms with Crippen LogP contribution < -0.4 is 0 Å². The first kappa shape index (κ1) is 16.1. The molecule has 2 aromatic rings. The molecular weight excluding hydrogens is 324 g/mol. The van der Waals surface area contributed by atoms with Crippen LogP contribution in [-0.2, 0) is 16.6 Å². The Morgan fingerprint density at radius 2 is 1.96 bits per heavy atom. The van der Waals surface area contributed by atoms with E-state index < -0.39 is 16.8 Å². The normalized spacial score (nSPS) is 16.6. The van der Waals surface area contributed by atoms with E-state index in [-0.39, 0.29) is 11.4 Å². The zero-order chi connectivity index (χ0) is 17.4. The number of aryl methyl sites for hydroxylation is 1. The molecule has 1 unspecified atom stereocenters. The number of hydrogen-bond acceptors (Lipinski definition) is 3. The van der Waals surface area contributed by atoms with E-state index in [4.69, 9.17) is 0 Å². The van der Waals surface area contributed by atoms with Gasteiger partial charge in [0.05, 0.1) is 27.9 Å². The van der Waals surface area contributed by atoms with Gasteiger partial charge in [0, 0.05) is 16.0 Å². The molecule has 0 fully saturated rings. The van der Waals surface area contributed by atoms with E-state index in [0.29, 0.717) is 21.7 Å². The number of carboxylic acid groups (broad SMARTS) is 1. The van der Waals surface area contributed by atoms with E-state index in [2.05, 4.69) is 18.3 Å².